The molecule has 0 aliphatic carbocycles. The number of hydrogen-bond acceptors (Lipinski definition) is 5. The number of phenolic OH excluding ortho intramolecular Hbond substituents is 1. The first-order valence-electron chi connectivity index (χ1n) is 7.00. The van der Waals surface area contributed by atoms with Crippen LogP contribution in [0.4, 0.5) is 0 Å². The van der Waals surface area contributed by atoms with E-state index < -0.39 is 0 Å². The van der Waals surface area contributed by atoms with E-state index >= 15 is 0 Å². The van der Waals surface area contributed by atoms with Crippen molar-refractivity contribution in [2.75, 3.05) is 0 Å². The van der Waals surface area contributed by atoms with E-state index in [1.807, 2.05) is 18.2 Å². The fraction of sp³-hybridized carbons (Fsp3) is 0.0588. The van der Waals surface area contributed by atoms with Crippen molar-refractivity contribution < 1.29 is 5.11 Å². The van der Waals surface area contributed by atoms with E-state index in [0.29, 0.717) is 11.4 Å². The van der Waals surface area contributed by atoms with Gasteiger partial charge in [0.1, 0.15) is 5.75 Å². The van der Waals surface area contributed by atoms with Crippen LogP contribution in [0.3, 0.4) is 0 Å². The molecule has 0 fully saturated rings. The van der Waals surface area contributed by atoms with Crippen molar-refractivity contribution in [3.05, 3.63) is 76.3 Å². The van der Waals surface area contributed by atoms with Gasteiger partial charge < -0.3 is 5.11 Å². The maximum absolute atomic E-state index is 12.6. The van der Waals surface area contributed by atoms with E-state index in [1.54, 1.807) is 43.3 Å². The molecule has 2 aromatic carbocycles. The van der Waals surface area contributed by atoms with Gasteiger partial charge in [0.05, 0.1) is 6.21 Å². The fourth-order valence-electron chi connectivity index (χ4n) is 2.05. The van der Waals surface area contributed by atoms with Gasteiger partial charge in [0.2, 0.25) is 0 Å². The van der Waals surface area contributed by atoms with Crippen molar-refractivity contribution in [3.63, 3.8) is 0 Å². The third-order valence-corrected chi connectivity index (χ3v) is 3.26. The van der Waals surface area contributed by atoms with Crippen LogP contribution in [0, 0.1) is 6.92 Å². The molecule has 0 atom stereocenters. The number of hydrogen-bond donors (Lipinski definition) is 1. The largest absolute Gasteiger partial charge is 0.508 e. The quantitative estimate of drug-likeness (QED) is 0.752. The highest BCUT2D eigenvalue weighted by molar-refractivity contribution is 5.79. The second kappa shape index (κ2) is 6.23. The van der Waals surface area contributed by atoms with E-state index in [-0.39, 0.29) is 17.0 Å². The van der Waals surface area contributed by atoms with Crippen LogP contribution < -0.4 is 5.56 Å². The Balaban J connectivity index is 2.02. The molecule has 0 aliphatic rings. The molecule has 1 N–H and O–H groups in total. The average molecular weight is 306 g/mol. The number of phenols is 1. The molecule has 23 heavy (non-hydrogen) atoms. The summed E-state index contributed by atoms with van der Waals surface area (Å²) >= 11 is 0. The van der Waals surface area contributed by atoms with Gasteiger partial charge in [-0.2, -0.15) is 9.78 Å². The second-order valence-electron chi connectivity index (χ2n) is 4.91. The molecule has 6 nitrogen and oxygen atoms in total. The monoisotopic (exact) mass is 306 g/mol. The molecule has 0 amide bonds. The van der Waals surface area contributed by atoms with Crippen LogP contribution in [0.1, 0.15) is 11.4 Å². The minimum atomic E-state index is -0.335. The number of aromatic hydroxyl groups is 1. The normalized spacial score (nSPS) is 11.0. The Morgan fingerprint density at radius 2 is 1.74 bits per heavy atom. The van der Waals surface area contributed by atoms with Gasteiger partial charge in [0.25, 0.3) is 0 Å². The molecule has 3 rings (SSSR count). The minimum Gasteiger partial charge on any atom is -0.508 e. The molecule has 6 heteroatoms. The smallest absolute Gasteiger partial charge is 0.301 e. The number of aromatic nitrogens is 3. The molecule has 0 bridgehead atoms. The summed E-state index contributed by atoms with van der Waals surface area (Å²) < 4.78 is 1.21. The number of aryl methyl sites for hydroxylation is 1. The zero-order chi connectivity index (χ0) is 16.2. The fourth-order valence-corrected chi connectivity index (χ4v) is 2.05. The van der Waals surface area contributed by atoms with Crippen molar-refractivity contribution >= 4 is 6.21 Å². The molecule has 0 radical (unpaired) electrons. The molecule has 0 unspecified atom stereocenters. The molecule has 0 saturated carbocycles. The van der Waals surface area contributed by atoms with Crippen LogP contribution in [0.15, 0.2) is 64.5 Å². The summed E-state index contributed by atoms with van der Waals surface area (Å²) in [6.07, 6.45) is 1.53. The van der Waals surface area contributed by atoms with E-state index in [1.165, 1.54) is 10.9 Å². The van der Waals surface area contributed by atoms with Crippen LogP contribution in [-0.4, -0.2) is 26.2 Å². The average Bonchev–Trinajstić information content (AvgIpc) is 2.57. The highest BCUT2D eigenvalue weighted by atomic mass is 16.3. The predicted molar refractivity (Wildman–Crippen MR) is 87.6 cm³/mol. The van der Waals surface area contributed by atoms with Crippen LogP contribution in [0.5, 0.6) is 5.75 Å². The van der Waals surface area contributed by atoms with E-state index in [9.17, 15) is 9.90 Å². The maximum atomic E-state index is 12.6. The molecule has 1 aromatic heterocycles. The first kappa shape index (κ1) is 14.6. The lowest BCUT2D eigenvalue weighted by molar-refractivity contribution is 0.475. The van der Waals surface area contributed by atoms with Gasteiger partial charge in [-0.25, -0.2) is 0 Å². The Labute approximate surface area is 132 Å². The van der Waals surface area contributed by atoms with Crippen LogP contribution in [0.2, 0.25) is 0 Å². The number of benzene rings is 2. The minimum absolute atomic E-state index is 0.174. The Hall–Kier alpha value is -3.28. The summed E-state index contributed by atoms with van der Waals surface area (Å²) in [6.45, 7) is 1.66. The molecule has 114 valence electrons. The molecule has 1 heterocycles. The van der Waals surface area contributed by atoms with Gasteiger partial charge in [-0.05, 0) is 36.8 Å². The molecule has 0 spiro atoms. The summed E-state index contributed by atoms with van der Waals surface area (Å²) in [7, 11) is 0. The zero-order valence-electron chi connectivity index (χ0n) is 12.4. The maximum Gasteiger partial charge on any atom is 0.301 e. The topological polar surface area (TPSA) is 80.4 Å². The van der Waals surface area contributed by atoms with Crippen molar-refractivity contribution in [1.82, 2.24) is 14.9 Å². The standard InChI is InChI=1S/C17H14N4O2/c1-12-19-20-16(14-5-3-2-4-6-14)17(23)21(12)18-11-13-7-9-15(22)10-8-13/h2-11,22H,1H3. The molecule has 3 aromatic rings. The van der Waals surface area contributed by atoms with E-state index in [0.717, 1.165) is 5.56 Å². The summed E-state index contributed by atoms with van der Waals surface area (Å²) in [5, 5.41) is 21.4. The first-order chi connectivity index (χ1) is 11.1. The van der Waals surface area contributed by atoms with Crippen molar-refractivity contribution in [1.29, 1.82) is 0 Å². The summed E-state index contributed by atoms with van der Waals surface area (Å²) in [6, 6.07) is 15.6. The summed E-state index contributed by atoms with van der Waals surface area (Å²) in [5.74, 6) is 0.567. The summed E-state index contributed by atoms with van der Waals surface area (Å²) in [4.78, 5) is 12.6. The Bertz CT molecular complexity index is 900. The molecular formula is C17H14N4O2. The van der Waals surface area contributed by atoms with Crippen molar-refractivity contribution in [2.24, 2.45) is 5.10 Å². The molecule has 0 saturated heterocycles. The lowest BCUT2D eigenvalue weighted by Gasteiger charge is -2.05. The Morgan fingerprint density at radius 3 is 2.43 bits per heavy atom. The predicted octanol–water partition coefficient (Wildman–Crippen LogP) is 2.20. The lowest BCUT2D eigenvalue weighted by Crippen LogP contribution is -2.23. The van der Waals surface area contributed by atoms with E-state index in [4.69, 9.17) is 0 Å². The highest BCUT2D eigenvalue weighted by Gasteiger charge is 2.10. The zero-order valence-corrected chi connectivity index (χ0v) is 12.4. The van der Waals surface area contributed by atoms with Crippen molar-refractivity contribution in [2.45, 2.75) is 6.92 Å². The highest BCUT2D eigenvalue weighted by Crippen LogP contribution is 2.11. The summed E-state index contributed by atoms with van der Waals surface area (Å²) in [5.41, 5.74) is 1.36. The third kappa shape index (κ3) is 3.16. The second-order valence-corrected chi connectivity index (χ2v) is 4.91. The van der Waals surface area contributed by atoms with Crippen LogP contribution in [0.25, 0.3) is 11.3 Å². The van der Waals surface area contributed by atoms with Crippen molar-refractivity contribution in [3.8, 4) is 17.0 Å². The molecule has 0 aliphatic heterocycles. The van der Waals surface area contributed by atoms with Gasteiger partial charge in [-0.1, -0.05) is 30.3 Å². The van der Waals surface area contributed by atoms with Gasteiger partial charge in [-0.15, -0.1) is 10.2 Å². The van der Waals surface area contributed by atoms with E-state index in [2.05, 4.69) is 15.3 Å². The molecular weight excluding hydrogens is 292 g/mol. The number of nitrogens with zero attached hydrogens (tertiary/aromatic N) is 4. The van der Waals surface area contributed by atoms with Gasteiger partial charge in [-0.3, -0.25) is 4.79 Å². The SMILES string of the molecule is Cc1nnc(-c2ccccc2)c(=O)n1N=Cc1ccc(O)cc1. The van der Waals surface area contributed by atoms with Gasteiger partial charge in [0.15, 0.2) is 11.5 Å². The lowest BCUT2D eigenvalue weighted by atomic mass is 10.2. The number of rotatable bonds is 3. The van der Waals surface area contributed by atoms with Crippen LogP contribution in [-0.2, 0) is 0 Å². The Kier molecular flexibility index (Phi) is 3.97. The third-order valence-electron chi connectivity index (χ3n) is 3.26. The van der Waals surface area contributed by atoms with Gasteiger partial charge in [0, 0.05) is 5.56 Å². The van der Waals surface area contributed by atoms with Gasteiger partial charge >= 0.3 is 5.56 Å². The Morgan fingerprint density at radius 1 is 1.04 bits per heavy atom. The first-order valence-corrected chi connectivity index (χ1v) is 7.00. The van der Waals surface area contributed by atoms with Crippen LogP contribution >= 0.6 is 0 Å².